The van der Waals surface area contributed by atoms with E-state index in [9.17, 15) is 39.0 Å². The average molecular weight is 1520 g/mol. The Hall–Kier alpha value is -5.14. The van der Waals surface area contributed by atoms with Crippen LogP contribution in [0.25, 0.3) is 0 Å². The van der Waals surface area contributed by atoms with E-state index in [1.54, 1.807) is 20.8 Å². The van der Waals surface area contributed by atoms with Crippen LogP contribution in [0, 0.1) is 71.0 Å². The number of hydrogen-bond donors (Lipinski definition) is 6. The summed E-state index contributed by atoms with van der Waals surface area (Å²) in [6.45, 7) is 26.8. The number of ether oxygens (including phenoxy) is 10. The molecule has 22 nitrogen and oxygen atoms in total. The van der Waals surface area contributed by atoms with Gasteiger partial charge in [0.15, 0.2) is 0 Å². The van der Waals surface area contributed by atoms with Crippen LogP contribution < -0.4 is 0 Å². The second kappa shape index (κ2) is 31.2. The molecule has 24 bridgehead atoms. The molecule has 109 heavy (non-hydrogen) atoms. The predicted octanol–water partition coefficient (Wildman–Crippen LogP) is 11.9. The molecule has 12 unspecified atom stereocenters. The Bertz CT molecular complexity index is 3410. The molecule has 24 rings (SSSR count). The standard InChI is InChI=1S/C16H24O4.2C15H22O4.C14H20O4.C14H20O3.C13H18O3/c1-11(2)14(18)20-16-8-12-5-13(9-16)7-15(6-12,10-16)19-4-3-17;1-10(2)13(17)19-15-6-11-3-12(7-15)5-14(4-11,8-15)18-9-16;1-2-13(17)19-15-8-11-5-12(9-15)7-14(6-11,10-15)18-4-3-16;1-2-12(16)18-14-6-10-3-11(7-14)5-13(4-10,8-14)17-9-15;1-9(2)12(15)17-14-6-10-3-11(7-14)5-13(16,4-10)8-14;1-2-11(14)16-13-6-9-3-10(7-13)5-12(15,4-9)8-13/h12-13,17H,1,3-10H2,2H3;11-12,16H,1,3-9H2,2H3;2,11-12,16H,1,3-10H2;2,10-11,15H,1,3-9H2;10-11,16H,1,3-8H2,2H3;2,9-10,15H,1,3-8H2. The Labute approximate surface area is 644 Å². The molecule has 0 aromatic rings. The first-order chi connectivity index (χ1) is 51.5. The van der Waals surface area contributed by atoms with Crippen LogP contribution in [0.1, 0.15) is 252 Å². The van der Waals surface area contributed by atoms with Gasteiger partial charge in [-0.3, -0.25) is 0 Å². The van der Waals surface area contributed by atoms with E-state index in [4.69, 9.17) is 67.8 Å². The molecule has 24 aliphatic carbocycles. The third-order valence-corrected chi connectivity index (χ3v) is 28.9. The summed E-state index contributed by atoms with van der Waals surface area (Å²) >= 11 is 0. The number of hydrogen-bond acceptors (Lipinski definition) is 22. The monoisotopic (exact) mass is 1520 g/mol. The molecular formula is C87H126O22. The molecule has 0 saturated heterocycles. The fraction of sp³-hybridized carbons (Fsp3) is 0.793. The van der Waals surface area contributed by atoms with Crippen LogP contribution in [0.2, 0.25) is 0 Å². The van der Waals surface area contributed by atoms with Crippen LogP contribution in [-0.4, -0.2) is 174 Å². The van der Waals surface area contributed by atoms with Gasteiger partial charge >= 0.3 is 35.8 Å². The first kappa shape index (κ1) is 81.9. The van der Waals surface area contributed by atoms with Gasteiger partial charge in [-0.15, -0.1) is 0 Å². The fourth-order valence-corrected chi connectivity index (χ4v) is 28.5. The topological polar surface area (TPSA) is 316 Å². The molecule has 0 heterocycles. The van der Waals surface area contributed by atoms with Crippen molar-refractivity contribution < 1.29 is 107 Å². The van der Waals surface area contributed by atoms with Crippen LogP contribution in [0.5, 0.6) is 0 Å². The van der Waals surface area contributed by atoms with Crippen LogP contribution in [0.15, 0.2) is 74.4 Å². The normalized spacial score (nSPS) is 44.7. The quantitative estimate of drug-likeness (QED) is 0.0254. The van der Waals surface area contributed by atoms with Crippen molar-refractivity contribution in [3.63, 3.8) is 0 Å². The first-order valence-electron chi connectivity index (χ1n) is 41.2. The highest BCUT2D eigenvalue weighted by Crippen LogP contribution is 2.66. The van der Waals surface area contributed by atoms with Gasteiger partial charge in [0.25, 0.3) is 0 Å². The van der Waals surface area contributed by atoms with E-state index < -0.39 is 16.8 Å². The van der Waals surface area contributed by atoms with Crippen LogP contribution >= 0.6 is 0 Å². The summed E-state index contributed by atoms with van der Waals surface area (Å²) in [6.07, 6.45) is 38.5. The van der Waals surface area contributed by atoms with Gasteiger partial charge < -0.3 is 78.0 Å². The Morgan fingerprint density at radius 2 is 0.477 bits per heavy atom. The minimum absolute atomic E-state index is 0.0512. The molecule has 12 atom stereocenters. The average Bonchev–Trinajstić information content (AvgIpc) is 0.769. The highest BCUT2D eigenvalue weighted by Gasteiger charge is 2.66. The molecule has 22 heteroatoms. The summed E-state index contributed by atoms with van der Waals surface area (Å²) in [7, 11) is 0. The maximum Gasteiger partial charge on any atom is 0.333 e. The van der Waals surface area contributed by atoms with Gasteiger partial charge in [0.2, 0.25) is 0 Å². The maximum atomic E-state index is 11.9. The van der Waals surface area contributed by atoms with E-state index in [0.29, 0.717) is 114 Å². The van der Waals surface area contributed by atoms with Crippen molar-refractivity contribution >= 4 is 35.8 Å². The number of rotatable bonds is 22. The lowest BCUT2D eigenvalue weighted by molar-refractivity contribution is -0.248. The first-order valence-corrected chi connectivity index (χ1v) is 41.2. The number of carbonyl (C=O) groups excluding carboxylic acids is 6. The molecule has 6 N–H and O–H groups in total. The van der Waals surface area contributed by atoms with Gasteiger partial charge in [-0.05, 0) is 284 Å². The van der Waals surface area contributed by atoms with Crippen LogP contribution in [0.4, 0.5) is 0 Å². The molecule has 0 aliphatic heterocycles. The highest BCUT2D eigenvalue weighted by molar-refractivity contribution is 5.88. The van der Waals surface area contributed by atoms with Gasteiger partial charge in [-0.1, -0.05) is 39.5 Å². The summed E-state index contributed by atoms with van der Waals surface area (Å²) in [6, 6.07) is 0. The van der Waals surface area contributed by atoms with Crippen molar-refractivity contribution in [1.29, 1.82) is 0 Å². The van der Waals surface area contributed by atoms with E-state index in [2.05, 4.69) is 39.5 Å². The minimum atomic E-state index is -0.570. The summed E-state index contributed by atoms with van der Waals surface area (Å²) in [5.74, 6) is 4.94. The van der Waals surface area contributed by atoms with Gasteiger partial charge in [0.05, 0.1) is 60.0 Å². The van der Waals surface area contributed by atoms with E-state index >= 15 is 0 Å². The van der Waals surface area contributed by atoms with Gasteiger partial charge in [-0.25, -0.2) is 28.8 Å². The number of carbonyl (C=O) groups is 6. The third-order valence-electron chi connectivity index (χ3n) is 28.9. The molecule has 0 spiro atoms. The van der Waals surface area contributed by atoms with Crippen molar-refractivity contribution in [1.82, 2.24) is 0 Å². The van der Waals surface area contributed by atoms with Crippen molar-refractivity contribution in [2.75, 3.05) is 40.0 Å². The molecule has 0 radical (unpaired) electrons. The maximum absolute atomic E-state index is 11.9. The Morgan fingerprint density at radius 1 is 0.294 bits per heavy atom. The van der Waals surface area contributed by atoms with Gasteiger partial charge in [0, 0.05) is 73.5 Å². The van der Waals surface area contributed by atoms with E-state index in [-0.39, 0.29) is 113 Å². The third kappa shape index (κ3) is 18.0. The van der Waals surface area contributed by atoms with Crippen LogP contribution in [0.3, 0.4) is 0 Å². The summed E-state index contributed by atoms with van der Waals surface area (Å²) in [5.41, 5.74) is -2.87. The van der Waals surface area contributed by atoms with Crippen molar-refractivity contribution in [3.8, 4) is 0 Å². The summed E-state index contributed by atoms with van der Waals surface area (Å²) in [4.78, 5) is 70.0. The zero-order chi connectivity index (χ0) is 78.0. The number of aliphatic hydroxyl groups is 6. The molecule has 24 aliphatic rings. The predicted molar refractivity (Wildman–Crippen MR) is 399 cm³/mol. The fourth-order valence-electron chi connectivity index (χ4n) is 28.5. The summed E-state index contributed by atoms with van der Waals surface area (Å²) in [5, 5.41) is 57.2. The van der Waals surface area contributed by atoms with Crippen molar-refractivity contribution in [3.05, 3.63) is 74.4 Å². The van der Waals surface area contributed by atoms with Crippen molar-refractivity contribution in [2.24, 2.45) is 71.0 Å². The molecule has 24 fully saturated rings. The zero-order valence-electron chi connectivity index (χ0n) is 65.3. The SMILES string of the molecule is C=C(C)C(=O)OC12CC3CC(CC(O)(C3)C1)C2.C=C(C)C(=O)OC12CC3CC(CC(OCCO)(C3)C1)C2.C=C(C)C(=O)OC12CC3CC(CC(OCO)(C3)C1)C2.C=CC(=O)OC12CC3CC(CC(O)(C3)C1)C2.C=CC(=O)OC12CC3CC(CC(OCCO)(C3)C1)C2.C=CC(=O)OC12CC3CC(CC(OCO)(C3)C1)C2. The molecule has 0 aromatic heterocycles. The molecular weight excluding hydrogens is 1400 g/mol. The lowest BCUT2D eigenvalue weighted by Crippen LogP contribution is -2.61. The lowest BCUT2D eigenvalue weighted by atomic mass is 9.52. The van der Waals surface area contributed by atoms with E-state index in [1.165, 1.54) is 56.8 Å². The molecule has 24 saturated carbocycles. The number of esters is 6. The Kier molecular flexibility index (Phi) is 23.5. The number of aliphatic hydroxyl groups excluding tert-OH is 4. The second-order valence-electron chi connectivity index (χ2n) is 39.1. The minimum Gasteiger partial charge on any atom is -0.456 e. The molecule has 0 amide bonds. The second-order valence-corrected chi connectivity index (χ2v) is 39.1. The van der Waals surface area contributed by atoms with E-state index in [1.807, 2.05) is 0 Å². The zero-order valence-corrected chi connectivity index (χ0v) is 65.3. The largest absolute Gasteiger partial charge is 0.456 e. The van der Waals surface area contributed by atoms with E-state index in [0.717, 1.165) is 180 Å². The van der Waals surface area contributed by atoms with Crippen molar-refractivity contribution in [2.45, 2.75) is 319 Å². The Morgan fingerprint density at radius 3 is 0.670 bits per heavy atom. The highest BCUT2D eigenvalue weighted by atomic mass is 16.6. The lowest BCUT2D eigenvalue weighted by Gasteiger charge is -2.60. The Balaban J connectivity index is 0.000000115. The van der Waals surface area contributed by atoms with Gasteiger partial charge in [0.1, 0.15) is 47.2 Å². The molecule has 606 valence electrons. The van der Waals surface area contributed by atoms with Crippen LogP contribution in [-0.2, 0) is 76.1 Å². The summed E-state index contributed by atoms with van der Waals surface area (Å²) < 4.78 is 57.4. The molecule has 0 aromatic carbocycles. The smallest absolute Gasteiger partial charge is 0.333 e. The van der Waals surface area contributed by atoms with Gasteiger partial charge in [-0.2, -0.15) is 0 Å².